The molecule has 0 saturated heterocycles. The topological polar surface area (TPSA) is 9.23 Å². The van der Waals surface area contributed by atoms with Gasteiger partial charge in [-0.15, -0.1) is 0 Å². The van der Waals surface area contributed by atoms with E-state index in [1.165, 1.54) is 0 Å². The van der Waals surface area contributed by atoms with Crippen molar-refractivity contribution in [3.8, 4) is 0 Å². The molecule has 2 atom stereocenters. The molecule has 2 unspecified atom stereocenters. The van der Waals surface area contributed by atoms with Gasteiger partial charge in [-0.1, -0.05) is 52.6 Å². The largest absolute Gasteiger partial charge is 0.408 e. The lowest BCUT2D eigenvalue weighted by molar-refractivity contribution is 0.146. The van der Waals surface area contributed by atoms with Gasteiger partial charge in [-0.05, 0) is 18.5 Å². The van der Waals surface area contributed by atoms with Gasteiger partial charge in [-0.2, -0.15) is 0 Å². The molecule has 0 aliphatic carbocycles. The molecule has 0 aromatic carbocycles. The molecule has 0 aliphatic heterocycles. The minimum Gasteiger partial charge on any atom is -0.408 e. The molecule has 0 saturated carbocycles. The average Bonchev–Trinajstić information content (AvgIpc) is 1.82. The Morgan fingerprint density at radius 2 is 1.77 bits per heavy atom. The molecule has 0 aliphatic rings. The van der Waals surface area contributed by atoms with Crippen molar-refractivity contribution in [2.75, 3.05) is 5.33 Å². The molecule has 0 bridgehead atoms. The molecule has 0 spiro atoms. The van der Waals surface area contributed by atoms with E-state index in [1.54, 1.807) is 0 Å². The average molecular weight is 332 g/mol. The smallest absolute Gasteiger partial charge is 0.172 e. The highest BCUT2D eigenvalue weighted by Gasteiger charge is 2.30. The second-order valence-corrected chi connectivity index (χ2v) is 8.58. The molecule has 0 rings (SSSR count). The van der Waals surface area contributed by atoms with Crippen molar-refractivity contribution in [1.29, 1.82) is 0 Å². The Hall–Kier alpha value is 1.14. The van der Waals surface area contributed by atoms with E-state index in [0.29, 0.717) is 5.92 Å². The third kappa shape index (κ3) is 5.55. The van der Waals surface area contributed by atoms with Crippen molar-refractivity contribution >= 4 is 40.9 Å². The van der Waals surface area contributed by atoms with Gasteiger partial charge in [0.05, 0.1) is 0 Å². The van der Waals surface area contributed by atoms with Crippen LogP contribution in [-0.4, -0.2) is 19.4 Å². The van der Waals surface area contributed by atoms with Crippen molar-refractivity contribution < 1.29 is 4.43 Å². The quantitative estimate of drug-likeness (QED) is 0.563. The summed E-state index contributed by atoms with van der Waals surface area (Å²) in [5.74, 6) is 0.516. The molecule has 0 aromatic heterocycles. The van der Waals surface area contributed by atoms with E-state index < -0.39 is 9.04 Å². The third-order valence-corrected chi connectivity index (χ3v) is 4.78. The van der Waals surface area contributed by atoms with Gasteiger partial charge in [0.15, 0.2) is 9.04 Å². The van der Waals surface area contributed by atoms with Crippen molar-refractivity contribution in [3.63, 3.8) is 0 Å². The molecular formula is C9H20Br2OSi. The molecule has 13 heavy (non-hydrogen) atoms. The van der Waals surface area contributed by atoms with E-state index in [4.69, 9.17) is 4.43 Å². The van der Waals surface area contributed by atoms with E-state index in [9.17, 15) is 0 Å². The zero-order chi connectivity index (χ0) is 10.6. The maximum atomic E-state index is 5.86. The van der Waals surface area contributed by atoms with Crippen LogP contribution >= 0.6 is 31.9 Å². The molecule has 0 amide bonds. The van der Waals surface area contributed by atoms with Gasteiger partial charge in [-0.25, -0.2) is 0 Å². The zero-order valence-electron chi connectivity index (χ0n) is 9.10. The van der Waals surface area contributed by atoms with Gasteiger partial charge >= 0.3 is 0 Å². The van der Waals surface area contributed by atoms with E-state index in [0.717, 1.165) is 5.33 Å². The minimum atomic E-state index is -0.938. The molecule has 0 radical (unpaired) electrons. The Morgan fingerprint density at radius 1 is 1.31 bits per heavy atom. The summed E-state index contributed by atoms with van der Waals surface area (Å²) in [7, 11) is -0.938. The number of hydrogen-bond donors (Lipinski definition) is 0. The maximum absolute atomic E-state index is 5.86. The summed E-state index contributed by atoms with van der Waals surface area (Å²) in [6.07, 6.45) is 0. The monoisotopic (exact) mass is 330 g/mol. The van der Waals surface area contributed by atoms with Crippen LogP contribution in [0.3, 0.4) is 0 Å². The summed E-state index contributed by atoms with van der Waals surface area (Å²) in [6, 6.07) is 0. The predicted octanol–water partition coefficient (Wildman–Crippen LogP) is 3.76. The van der Waals surface area contributed by atoms with Crippen LogP contribution in [-0.2, 0) is 4.43 Å². The van der Waals surface area contributed by atoms with Gasteiger partial charge in [0.1, 0.15) is 5.01 Å². The van der Waals surface area contributed by atoms with Crippen LogP contribution in [0.1, 0.15) is 20.8 Å². The first-order valence-electron chi connectivity index (χ1n) is 4.64. The SMILES string of the molecule is C[SiH](C)OC(Br)C(CBr)C(C)(C)C. The highest BCUT2D eigenvalue weighted by molar-refractivity contribution is 9.10. The number of alkyl halides is 2. The lowest BCUT2D eigenvalue weighted by atomic mass is 9.83. The Labute approximate surface area is 101 Å². The fraction of sp³-hybridized carbons (Fsp3) is 1.00. The number of halogens is 2. The second kappa shape index (κ2) is 5.88. The molecule has 0 aromatic rings. The van der Waals surface area contributed by atoms with Gasteiger partial charge in [-0.3, -0.25) is 0 Å². The first-order valence-corrected chi connectivity index (χ1v) is 9.46. The van der Waals surface area contributed by atoms with Crippen LogP contribution in [0.15, 0.2) is 0 Å². The van der Waals surface area contributed by atoms with Gasteiger partial charge in [0.25, 0.3) is 0 Å². The first kappa shape index (κ1) is 14.1. The van der Waals surface area contributed by atoms with E-state index in [2.05, 4.69) is 65.7 Å². The van der Waals surface area contributed by atoms with E-state index >= 15 is 0 Å². The molecule has 1 nitrogen and oxygen atoms in total. The van der Waals surface area contributed by atoms with Gasteiger partial charge in [0.2, 0.25) is 0 Å². The molecule has 4 heteroatoms. The van der Waals surface area contributed by atoms with Crippen LogP contribution < -0.4 is 0 Å². The van der Waals surface area contributed by atoms with Crippen LogP contribution in [0.25, 0.3) is 0 Å². The third-order valence-electron chi connectivity index (χ3n) is 2.00. The Bertz CT molecular complexity index is 145. The number of hydrogen-bond acceptors (Lipinski definition) is 1. The van der Waals surface area contributed by atoms with Crippen molar-refractivity contribution in [3.05, 3.63) is 0 Å². The highest BCUT2D eigenvalue weighted by atomic mass is 79.9. The zero-order valence-corrected chi connectivity index (χ0v) is 13.4. The van der Waals surface area contributed by atoms with Gasteiger partial charge in [0, 0.05) is 11.2 Å². The van der Waals surface area contributed by atoms with Crippen molar-refractivity contribution in [2.45, 2.75) is 38.9 Å². The highest BCUT2D eigenvalue weighted by Crippen LogP contribution is 2.34. The second-order valence-electron chi connectivity index (χ2n) is 4.66. The van der Waals surface area contributed by atoms with Crippen LogP contribution in [0.4, 0.5) is 0 Å². The van der Waals surface area contributed by atoms with Crippen LogP contribution in [0, 0.1) is 11.3 Å². The summed E-state index contributed by atoms with van der Waals surface area (Å²) < 4.78 is 5.86. The van der Waals surface area contributed by atoms with E-state index in [-0.39, 0.29) is 10.4 Å². The Balaban J connectivity index is 4.24. The summed E-state index contributed by atoms with van der Waals surface area (Å²) in [6.45, 7) is 11.1. The van der Waals surface area contributed by atoms with Crippen LogP contribution in [0.5, 0.6) is 0 Å². The lowest BCUT2D eigenvalue weighted by Crippen LogP contribution is -2.34. The van der Waals surface area contributed by atoms with Crippen LogP contribution in [0.2, 0.25) is 13.1 Å². The molecule has 0 heterocycles. The fourth-order valence-corrected chi connectivity index (χ4v) is 5.85. The lowest BCUT2D eigenvalue weighted by Gasteiger charge is -2.33. The summed E-state index contributed by atoms with van der Waals surface area (Å²) in [5, 5.41) is 1.17. The Morgan fingerprint density at radius 3 is 2.00 bits per heavy atom. The maximum Gasteiger partial charge on any atom is 0.172 e. The molecule has 0 fully saturated rings. The van der Waals surface area contributed by atoms with Crippen molar-refractivity contribution in [2.24, 2.45) is 11.3 Å². The molecule has 0 N–H and O–H groups in total. The summed E-state index contributed by atoms with van der Waals surface area (Å²) in [4.78, 5) is 0. The summed E-state index contributed by atoms with van der Waals surface area (Å²) >= 11 is 7.17. The fourth-order valence-electron chi connectivity index (χ4n) is 1.05. The van der Waals surface area contributed by atoms with Crippen molar-refractivity contribution in [1.82, 2.24) is 0 Å². The van der Waals surface area contributed by atoms with Gasteiger partial charge < -0.3 is 4.43 Å². The molecule has 80 valence electrons. The predicted molar refractivity (Wildman–Crippen MR) is 69.4 cm³/mol. The minimum absolute atomic E-state index is 0.193. The number of rotatable bonds is 4. The first-order chi connectivity index (χ1) is 5.79. The standard InChI is InChI=1S/C9H20Br2OSi/c1-9(2,3)7(6-10)8(11)12-13(4)5/h7-8,13H,6H2,1-5H3. The van der Waals surface area contributed by atoms with E-state index in [1.807, 2.05) is 0 Å². The Kier molecular flexibility index (Phi) is 6.40. The normalized spacial score (nSPS) is 17.5. The summed E-state index contributed by atoms with van der Waals surface area (Å²) in [5.41, 5.74) is 0.279. The molecular weight excluding hydrogens is 312 g/mol.